The lowest BCUT2D eigenvalue weighted by Crippen LogP contribution is -2.43. The standard InChI is InChI=1S/C20H23N3O7S/c1-22-12-14(11-16(22)20(25)28-2)31(26,27)23-7-3-4-15(23)19(24)21-13-5-6-17-18(10-13)30-9-8-29-17/h5-6,10-12,15H,3-4,7-9H2,1-2H3,(H,21,24)/t15-/m0/s1. The quantitative estimate of drug-likeness (QED) is 0.686. The Morgan fingerprint density at radius 1 is 1.16 bits per heavy atom. The number of fused-ring (bicyclic) bond motifs is 1. The summed E-state index contributed by atoms with van der Waals surface area (Å²) in [5.74, 6) is 0.0551. The minimum Gasteiger partial charge on any atom is -0.486 e. The number of amides is 1. The Balaban J connectivity index is 1.54. The van der Waals surface area contributed by atoms with Crippen LogP contribution in [0.3, 0.4) is 0 Å². The number of benzene rings is 1. The van der Waals surface area contributed by atoms with Gasteiger partial charge in [0.25, 0.3) is 0 Å². The fourth-order valence-electron chi connectivity index (χ4n) is 3.75. The molecule has 1 aromatic heterocycles. The van der Waals surface area contributed by atoms with Crippen LogP contribution in [0.2, 0.25) is 0 Å². The molecule has 1 fully saturated rings. The first-order chi connectivity index (χ1) is 14.8. The SMILES string of the molecule is COC(=O)c1cc(S(=O)(=O)N2CCC[C@H]2C(=O)Nc2ccc3c(c2)OCCO3)cn1C. The summed E-state index contributed by atoms with van der Waals surface area (Å²) in [6.45, 7) is 1.10. The summed E-state index contributed by atoms with van der Waals surface area (Å²) >= 11 is 0. The van der Waals surface area contributed by atoms with Crippen molar-refractivity contribution in [2.24, 2.45) is 7.05 Å². The Kier molecular flexibility index (Phi) is 5.63. The number of methoxy groups -OCH3 is 1. The lowest BCUT2D eigenvalue weighted by Gasteiger charge is -2.23. The maximum Gasteiger partial charge on any atom is 0.354 e. The molecular weight excluding hydrogens is 426 g/mol. The van der Waals surface area contributed by atoms with E-state index >= 15 is 0 Å². The number of hydrogen-bond acceptors (Lipinski definition) is 7. The fraction of sp³-hybridized carbons (Fsp3) is 0.400. The molecule has 2 aliphatic heterocycles. The molecule has 1 N–H and O–H groups in total. The monoisotopic (exact) mass is 449 g/mol. The molecule has 11 heteroatoms. The maximum absolute atomic E-state index is 13.2. The van der Waals surface area contributed by atoms with E-state index in [2.05, 4.69) is 10.1 Å². The number of sulfonamides is 1. The van der Waals surface area contributed by atoms with Gasteiger partial charge in [-0.15, -0.1) is 0 Å². The highest BCUT2D eigenvalue weighted by Gasteiger charge is 2.40. The Hall–Kier alpha value is -3.05. The number of carbonyl (C=O) groups excluding carboxylic acids is 2. The third kappa shape index (κ3) is 3.98. The average Bonchev–Trinajstić information content (AvgIpc) is 3.41. The molecule has 0 bridgehead atoms. The first-order valence-corrected chi connectivity index (χ1v) is 11.2. The first kappa shape index (κ1) is 21.2. The van der Waals surface area contributed by atoms with Gasteiger partial charge in [-0.2, -0.15) is 4.31 Å². The minimum absolute atomic E-state index is 0.0607. The van der Waals surface area contributed by atoms with Crippen LogP contribution in [0.4, 0.5) is 5.69 Å². The van der Waals surface area contributed by atoms with Gasteiger partial charge in [0.15, 0.2) is 11.5 Å². The molecule has 2 aliphatic rings. The number of nitrogens with zero attached hydrogens (tertiary/aromatic N) is 2. The van der Waals surface area contributed by atoms with Gasteiger partial charge in [0.2, 0.25) is 15.9 Å². The number of aryl methyl sites for hydroxylation is 1. The summed E-state index contributed by atoms with van der Waals surface area (Å²) in [5.41, 5.74) is 0.601. The van der Waals surface area contributed by atoms with Crippen LogP contribution in [-0.4, -0.2) is 62.1 Å². The summed E-state index contributed by atoms with van der Waals surface area (Å²) < 4.78 is 44.7. The summed E-state index contributed by atoms with van der Waals surface area (Å²) in [6, 6.07) is 5.43. The van der Waals surface area contributed by atoms with E-state index in [0.29, 0.717) is 43.2 Å². The molecule has 4 rings (SSSR count). The van der Waals surface area contributed by atoms with Crippen LogP contribution < -0.4 is 14.8 Å². The molecule has 0 aliphatic carbocycles. The molecule has 1 saturated heterocycles. The fourth-order valence-corrected chi connectivity index (χ4v) is 5.48. The molecule has 1 atom stereocenters. The van der Waals surface area contributed by atoms with Crippen molar-refractivity contribution in [3.63, 3.8) is 0 Å². The van der Waals surface area contributed by atoms with Crippen molar-refractivity contribution < 1.29 is 32.2 Å². The van der Waals surface area contributed by atoms with Gasteiger partial charge in [-0.05, 0) is 31.0 Å². The second kappa shape index (κ2) is 8.23. The number of nitrogens with one attached hydrogen (secondary N) is 1. The van der Waals surface area contributed by atoms with E-state index in [-0.39, 0.29) is 17.1 Å². The van der Waals surface area contributed by atoms with Gasteiger partial charge in [-0.3, -0.25) is 4.79 Å². The van der Waals surface area contributed by atoms with Crippen LogP contribution in [0.5, 0.6) is 11.5 Å². The second-order valence-corrected chi connectivity index (χ2v) is 9.18. The van der Waals surface area contributed by atoms with E-state index in [9.17, 15) is 18.0 Å². The summed E-state index contributed by atoms with van der Waals surface area (Å²) in [6.07, 6.45) is 2.29. The van der Waals surface area contributed by atoms with Gasteiger partial charge in [0, 0.05) is 31.5 Å². The molecule has 31 heavy (non-hydrogen) atoms. The van der Waals surface area contributed by atoms with Crippen LogP contribution in [-0.2, 0) is 26.6 Å². The Morgan fingerprint density at radius 2 is 1.90 bits per heavy atom. The lowest BCUT2D eigenvalue weighted by atomic mass is 10.2. The van der Waals surface area contributed by atoms with Gasteiger partial charge >= 0.3 is 5.97 Å². The highest BCUT2D eigenvalue weighted by atomic mass is 32.2. The van der Waals surface area contributed by atoms with Crippen molar-refractivity contribution in [3.05, 3.63) is 36.2 Å². The maximum atomic E-state index is 13.2. The van der Waals surface area contributed by atoms with E-state index in [4.69, 9.17) is 9.47 Å². The zero-order valence-corrected chi connectivity index (χ0v) is 18.0. The number of ether oxygens (including phenoxy) is 3. The van der Waals surface area contributed by atoms with Crippen LogP contribution in [0.15, 0.2) is 35.4 Å². The molecule has 0 radical (unpaired) electrons. The van der Waals surface area contributed by atoms with Crippen LogP contribution in [0.1, 0.15) is 23.3 Å². The van der Waals surface area contributed by atoms with Crippen molar-refractivity contribution in [1.82, 2.24) is 8.87 Å². The Morgan fingerprint density at radius 3 is 2.65 bits per heavy atom. The van der Waals surface area contributed by atoms with Crippen molar-refractivity contribution in [2.45, 2.75) is 23.8 Å². The first-order valence-electron chi connectivity index (χ1n) is 9.78. The molecule has 1 aromatic carbocycles. The third-order valence-electron chi connectivity index (χ3n) is 5.30. The summed E-state index contributed by atoms with van der Waals surface area (Å²) in [7, 11) is -1.20. The Bertz CT molecular complexity index is 1130. The van der Waals surface area contributed by atoms with Gasteiger partial charge in [0.1, 0.15) is 29.8 Å². The summed E-state index contributed by atoms with van der Waals surface area (Å²) in [4.78, 5) is 24.7. The van der Waals surface area contributed by atoms with Crippen LogP contribution in [0.25, 0.3) is 0 Å². The number of esters is 1. The van der Waals surface area contributed by atoms with Gasteiger partial charge < -0.3 is 24.1 Å². The minimum atomic E-state index is -3.98. The summed E-state index contributed by atoms with van der Waals surface area (Å²) in [5, 5.41) is 2.77. The van der Waals surface area contributed by atoms with Crippen LogP contribution in [0, 0.1) is 0 Å². The number of anilines is 1. The zero-order chi connectivity index (χ0) is 22.2. The predicted molar refractivity (Wildman–Crippen MR) is 110 cm³/mol. The molecule has 0 spiro atoms. The number of hydrogen-bond donors (Lipinski definition) is 1. The van der Waals surface area contributed by atoms with E-state index in [1.54, 1.807) is 25.2 Å². The van der Waals surface area contributed by atoms with E-state index < -0.39 is 27.9 Å². The van der Waals surface area contributed by atoms with E-state index in [0.717, 1.165) is 0 Å². The number of aromatic nitrogens is 1. The number of carbonyl (C=O) groups is 2. The Labute approximate surface area is 179 Å². The number of rotatable bonds is 5. The average molecular weight is 449 g/mol. The molecule has 0 unspecified atom stereocenters. The van der Waals surface area contributed by atoms with Crippen molar-refractivity contribution in [3.8, 4) is 11.5 Å². The third-order valence-corrected chi connectivity index (χ3v) is 7.17. The zero-order valence-electron chi connectivity index (χ0n) is 17.2. The van der Waals surface area contributed by atoms with Gasteiger partial charge in [0.05, 0.1) is 7.11 Å². The van der Waals surface area contributed by atoms with Gasteiger partial charge in [-0.25, -0.2) is 13.2 Å². The van der Waals surface area contributed by atoms with Gasteiger partial charge in [-0.1, -0.05) is 0 Å². The molecule has 2 aromatic rings. The lowest BCUT2D eigenvalue weighted by molar-refractivity contribution is -0.119. The largest absolute Gasteiger partial charge is 0.486 e. The highest BCUT2D eigenvalue weighted by molar-refractivity contribution is 7.89. The normalized spacial score (nSPS) is 18.6. The predicted octanol–water partition coefficient (Wildman–Crippen LogP) is 1.37. The smallest absolute Gasteiger partial charge is 0.354 e. The van der Waals surface area contributed by atoms with Crippen molar-refractivity contribution >= 4 is 27.6 Å². The van der Waals surface area contributed by atoms with E-state index in [1.807, 2.05) is 0 Å². The highest BCUT2D eigenvalue weighted by Crippen LogP contribution is 2.33. The van der Waals surface area contributed by atoms with E-state index in [1.165, 1.54) is 28.2 Å². The second-order valence-electron chi connectivity index (χ2n) is 7.29. The molecule has 10 nitrogen and oxygen atoms in total. The topological polar surface area (TPSA) is 116 Å². The molecule has 1 amide bonds. The van der Waals surface area contributed by atoms with Crippen molar-refractivity contribution in [1.29, 1.82) is 0 Å². The molecular formula is C20H23N3O7S. The van der Waals surface area contributed by atoms with Crippen LogP contribution >= 0.6 is 0 Å². The molecule has 3 heterocycles. The van der Waals surface area contributed by atoms with Crippen molar-refractivity contribution in [2.75, 3.05) is 32.2 Å². The molecule has 166 valence electrons. The molecule has 0 saturated carbocycles.